The molecule has 0 saturated carbocycles. The highest BCUT2D eigenvalue weighted by molar-refractivity contribution is 5.24. The minimum atomic E-state index is -0.845. The first-order valence-corrected chi connectivity index (χ1v) is 2.44. The summed E-state index contributed by atoms with van der Waals surface area (Å²) in [5.74, 6) is -1.15. The van der Waals surface area contributed by atoms with Crippen molar-refractivity contribution < 1.29 is 14.0 Å². The van der Waals surface area contributed by atoms with Crippen LogP contribution in [0.25, 0.3) is 5.84 Å². The predicted octanol–water partition coefficient (Wildman–Crippen LogP) is -0.414. The van der Waals surface area contributed by atoms with Gasteiger partial charge in [-0.1, -0.05) is 0 Å². The molecular weight excluding hydrogens is 140 g/mol. The summed E-state index contributed by atoms with van der Waals surface area (Å²) in [6, 6.07) is 0. The van der Waals surface area contributed by atoms with Crippen LogP contribution in [0.2, 0.25) is 0 Å². The first-order chi connectivity index (χ1) is 4.75. The number of hydrogen-bond donors (Lipinski definition) is 1. The Hall–Kier alpha value is -1.72. The Morgan fingerprint density at radius 3 is 3.20 bits per heavy atom. The molecular formula is C4H2N2O4. The first kappa shape index (κ1) is 5.10. The monoisotopic (exact) mass is 142 g/mol. The van der Waals surface area contributed by atoms with Gasteiger partial charge >= 0.3 is 11.7 Å². The van der Waals surface area contributed by atoms with Crippen molar-refractivity contribution in [1.29, 1.82) is 0 Å². The zero-order valence-electron chi connectivity index (χ0n) is 4.64. The molecule has 0 saturated heterocycles. The molecule has 0 atom stereocenters. The summed E-state index contributed by atoms with van der Waals surface area (Å²) in [6.45, 7) is 0. The molecule has 0 aliphatic heterocycles. The predicted molar refractivity (Wildman–Crippen MR) is 27.7 cm³/mol. The van der Waals surface area contributed by atoms with Gasteiger partial charge in [0.1, 0.15) is 6.20 Å². The Morgan fingerprint density at radius 2 is 2.50 bits per heavy atom. The van der Waals surface area contributed by atoms with E-state index in [-0.39, 0.29) is 11.7 Å². The second kappa shape index (κ2) is 1.41. The van der Waals surface area contributed by atoms with Gasteiger partial charge in [0, 0.05) is 0 Å². The Bertz CT molecular complexity index is 373. The second-order valence-corrected chi connectivity index (χ2v) is 1.65. The number of rotatable bonds is 0. The van der Waals surface area contributed by atoms with E-state index in [1.54, 1.807) is 0 Å². The molecule has 2 aromatic rings. The van der Waals surface area contributed by atoms with Crippen LogP contribution in [0, 0.1) is 0 Å². The van der Waals surface area contributed by atoms with E-state index in [0.717, 1.165) is 10.8 Å². The van der Waals surface area contributed by atoms with Gasteiger partial charge in [0.15, 0.2) is 0 Å². The van der Waals surface area contributed by atoms with Gasteiger partial charge in [-0.05, 0) is 0 Å². The summed E-state index contributed by atoms with van der Waals surface area (Å²) in [4.78, 5) is 13.7. The minimum Gasteiger partial charge on any atom is -0.492 e. The maximum absolute atomic E-state index is 10.3. The molecule has 6 heteroatoms. The molecule has 0 unspecified atom stereocenters. The summed E-state index contributed by atoms with van der Waals surface area (Å²) in [5.41, 5.74) is 0. The molecule has 10 heavy (non-hydrogen) atoms. The van der Waals surface area contributed by atoms with E-state index in [1.165, 1.54) is 0 Å². The van der Waals surface area contributed by atoms with Gasteiger partial charge in [-0.25, -0.2) is 4.79 Å². The van der Waals surface area contributed by atoms with Crippen LogP contribution in [0.15, 0.2) is 19.9 Å². The van der Waals surface area contributed by atoms with E-state index in [2.05, 4.69) is 13.9 Å². The molecule has 2 rings (SSSR count). The molecule has 0 bridgehead atoms. The molecule has 6 nitrogen and oxygen atoms in total. The lowest BCUT2D eigenvalue weighted by atomic mass is 10.9. The molecule has 1 N–H and O–H groups in total. The maximum atomic E-state index is 10.3. The number of nitrogens with zero attached hydrogens (tertiary/aromatic N) is 2. The summed E-state index contributed by atoms with van der Waals surface area (Å²) in [5, 5.41) is 8.68. The standard InChI is InChI=1S/C4H2N2O4/c7-2-1-6-3(5-2)9-4(8)10-6/h1,7H. The zero-order chi connectivity index (χ0) is 7.14. The van der Waals surface area contributed by atoms with Gasteiger partial charge in [-0.2, -0.15) is 4.98 Å². The van der Waals surface area contributed by atoms with E-state index in [1.807, 2.05) is 0 Å². The molecule has 0 spiro atoms. The Labute approximate surface area is 53.3 Å². The highest BCUT2D eigenvalue weighted by Gasteiger charge is 2.05. The maximum Gasteiger partial charge on any atom is 0.542 e. The lowest BCUT2D eigenvalue weighted by Gasteiger charge is -1.69. The van der Waals surface area contributed by atoms with E-state index < -0.39 is 5.82 Å². The fraction of sp³-hybridized carbons (Fsp3) is 0. The van der Waals surface area contributed by atoms with Crippen LogP contribution in [0.3, 0.4) is 0 Å². The van der Waals surface area contributed by atoms with Crippen LogP contribution in [-0.2, 0) is 0 Å². The summed E-state index contributed by atoms with van der Waals surface area (Å²) in [6.07, 6.45) is 1.13. The van der Waals surface area contributed by atoms with Gasteiger partial charge < -0.3 is 9.52 Å². The van der Waals surface area contributed by atoms with Crippen molar-refractivity contribution in [1.82, 2.24) is 9.56 Å². The number of imidazole rings is 1. The number of hydrogen-bond acceptors (Lipinski definition) is 5. The van der Waals surface area contributed by atoms with Crippen molar-refractivity contribution in [2.24, 2.45) is 0 Å². The number of fused-ring (bicyclic) bond motifs is 1. The third kappa shape index (κ3) is 0.524. The third-order valence-corrected chi connectivity index (χ3v) is 0.979. The van der Waals surface area contributed by atoms with Gasteiger partial charge in [0.2, 0.25) is 5.88 Å². The Kier molecular flexibility index (Phi) is 0.717. The molecule has 2 heterocycles. The average Bonchev–Trinajstić information content (AvgIpc) is 2.21. The van der Waals surface area contributed by atoms with Crippen molar-refractivity contribution in [3.63, 3.8) is 0 Å². The molecule has 0 fully saturated rings. The highest BCUT2D eigenvalue weighted by atomic mass is 16.6. The molecule has 52 valence electrons. The SMILES string of the molecule is O=c1oc2nc(O)cn2o1. The van der Waals surface area contributed by atoms with Gasteiger partial charge in [0.25, 0.3) is 0 Å². The van der Waals surface area contributed by atoms with Crippen molar-refractivity contribution in [3.05, 3.63) is 16.8 Å². The zero-order valence-corrected chi connectivity index (χ0v) is 4.64. The second-order valence-electron chi connectivity index (χ2n) is 1.65. The summed E-state index contributed by atoms with van der Waals surface area (Å²) >= 11 is 0. The van der Waals surface area contributed by atoms with Crippen molar-refractivity contribution in [3.8, 4) is 5.88 Å². The fourth-order valence-electron chi connectivity index (χ4n) is 0.643. The lowest BCUT2D eigenvalue weighted by molar-refractivity contribution is 0.303. The number of aromatic hydroxyl groups is 1. The lowest BCUT2D eigenvalue weighted by Crippen LogP contribution is -1.87. The topological polar surface area (TPSA) is 80.9 Å². The Morgan fingerprint density at radius 1 is 1.70 bits per heavy atom. The molecule has 0 aromatic carbocycles. The molecule has 0 radical (unpaired) electrons. The Balaban J connectivity index is 2.95. The number of aromatic nitrogens is 2. The van der Waals surface area contributed by atoms with Gasteiger partial charge in [-0.15, -0.1) is 4.57 Å². The summed E-state index contributed by atoms with van der Waals surface area (Å²) < 4.78 is 9.66. The van der Waals surface area contributed by atoms with Crippen molar-refractivity contribution in [2.45, 2.75) is 0 Å². The summed E-state index contributed by atoms with van der Waals surface area (Å²) in [7, 11) is 0. The van der Waals surface area contributed by atoms with E-state index >= 15 is 0 Å². The van der Waals surface area contributed by atoms with Crippen LogP contribution in [0.4, 0.5) is 0 Å². The molecule has 0 aliphatic rings. The van der Waals surface area contributed by atoms with Crippen LogP contribution in [0.1, 0.15) is 0 Å². The quantitative estimate of drug-likeness (QED) is 0.540. The third-order valence-electron chi connectivity index (χ3n) is 0.979. The average molecular weight is 142 g/mol. The van der Waals surface area contributed by atoms with E-state index in [9.17, 15) is 4.79 Å². The first-order valence-electron chi connectivity index (χ1n) is 2.44. The van der Waals surface area contributed by atoms with Crippen LogP contribution in [-0.4, -0.2) is 14.7 Å². The van der Waals surface area contributed by atoms with Gasteiger partial charge in [0.05, 0.1) is 0 Å². The van der Waals surface area contributed by atoms with Crippen molar-refractivity contribution >= 4 is 5.84 Å². The van der Waals surface area contributed by atoms with Crippen molar-refractivity contribution in [2.75, 3.05) is 0 Å². The minimum absolute atomic E-state index is 0.0532. The van der Waals surface area contributed by atoms with Crippen LogP contribution < -0.4 is 5.82 Å². The normalized spacial score (nSPS) is 10.8. The molecule has 0 amide bonds. The molecule has 2 aromatic heterocycles. The van der Waals surface area contributed by atoms with Crippen LogP contribution >= 0.6 is 0 Å². The smallest absolute Gasteiger partial charge is 0.492 e. The van der Waals surface area contributed by atoms with E-state index in [0.29, 0.717) is 0 Å². The van der Waals surface area contributed by atoms with Gasteiger partial charge in [-0.3, -0.25) is 4.52 Å². The fourth-order valence-corrected chi connectivity index (χ4v) is 0.643. The highest BCUT2D eigenvalue weighted by Crippen LogP contribution is 2.06. The molecule has 0 aliphatic carbocycles. The largest absolute Gasteiger partial charge is 0.542 e. The van der Waals surface area contributed by atoms with E-state index in [4.69, 9.17) is 5.11 Å². The van der Waals surface area contributed by atoms with Crippen LogP contribution in [0.5, 0.6) is 5.88 Å².